The number of rotatable bonds is 4. The maximum atomic E-state index is 12.1. The highest BCUT2D eigenvalue weighted by atomic mass is 32.1. The lowest BCUT2D eigenvalue weighted by molar-refractivity contribution is -0.149. The topological polar surface area (TPSA) is 88.5 Å². The highest BCUT2D eigenvalue weighted by Crippen LogP contribution is 2.09. The van der Waals surface area contributed by atoms with Gasteiger partial charge >= 0.3 is 4.87 Å². The van der Waals surface area contributed by atoms with E-state index in [0.717, 1.165) is 17.0 Å². The Morgan fingerprint density at radius 2 is 2.14 bits per heavy atom. The Balaban J connectivity index is 1.91. The second kappa shape index (κ2) is 6.21. The number of carbonyl (C=O) groups is 3. The number of hydrogen-bond acceptors (Lipinski definition) is 5. The minimum atomic E-state index is -0.638. The van der Waals surface area contributed by atoms with Crippen LogP contribution in [0.25, 0.3) is 0 Å². The normalized spacial score (nSPS) is 18.8. The van der Waals surface area contributed by atoms with E-state index in [-0.39, 0.29) is 23.7 Å². The summed E-state index contributed by atoms with van der Waals surface area (Å²) >= 11 is 1.13. The standard InChI is InChI=1S/C13H17N3O4S/c1-8-7-21-13(20)15(8)5-3-4-11(18)16-6-10(17)14-12(19)9(16)2/h7,9H,3-6H2,1-2H3,(H,14,17,19). The fourth-order valence-electron chi connectivity index (χ4n) is 2.23. The zero-order chi connectivity index (χ0) is 15.6. The smallest absolute Gasteiger partial charge is 0.307 e. The molecule has 0 aliphatic carbocycles. The lowest BCUT2D eigenvalue weighted by Gasteiger charge is -2.31. The maximum Gasteiger partial charge on any atom is 0.307 e. The van der Waals surface area contributed by atoms with E-state index in [1.165, 1.54) is 4.90 Å². The summed E-state index contributed by atoms with van der Waals surface area (Å²) in [7, 11) is 0. The van der Waals surface area contributed by atoms with Crippen LogP contribution in [0.5, 0.6) is 0 Å². The van der Waals surface area contributed by atoms with Crippen molar-refractivity contribution in [3.05, 3.63) is 20.7 Å². The monoisotopic (exact) mass is 311 g/mol. The van der Waals surface area contributed by atoms with Gasteiger partial charge in [-0.1, -0.05) is 11.3 Å². The van der Waals surface area contributed by atoms with Crippen LogP contribution in [-0.2, 0) is 20.9 Å². The molecular weight excluding hydrogens is 294 g/mol. The van der Waals surface area contributed by atoms with Gasteiger partial charge in [0.05, 0.1) is 0 Å². The van der Waals surface area contributed by atoms with Crippen LogP contribution in [0.1, 0.15) is 25.5 Å². The molecule has 1 aliphatic rings. The molecule has 1 aromatic heterocycles. The largest absolute Gasteiger partial charge is 0.322 e. The first kappa shape index (κ1) is 15.4. The zero-order valence-corrected chi connectivity index (χ0v) is 12.7. The average molecular weight is 311 g/mol. The molecule has 0 spiro atoms. The molecule has 0 radical (unpaired) electrons. The number of thiazole rings is 1. The van der Waals surface area contributed by atoms with Gasteiger partial charge in [-0.05, 0) is 20.3 Å². The lowest BCUT2D eigenvalue weighted by atomic mass is 10.1. The minimum Gasteiger partial charge on any atom is -0.322 e. The molecule has 114 valence electrons. The van der Waals surface area contributed by atoms with E-state index >= 15 is 0 Å². The van der Waals surface area contributed by atoms with Crippen molar-refractivity contribution in [2.75, 3.05) is 6.54 Å². The predicted molar refractivity (Wildman–Crippen MR) is 76.9 cm³/mol. The summed E-state index contributed by atoms with van der Waals surface area (Å²) in [5, 5.41) is 3.97. The highest BCUT2D eigenvalue weighted by molar-refractivity contribution is 7.07. The summed E-state index contributed by atoms with van der Waals surface area (Å²) in [4.78, 5) is 47.7. The van der Waals surface area contributed by atoms with E-state index in [0.29, 0.717) is 13.0 Å². The number of nitrogens with one attached hydrogen (secondary N) is 1. The fraction of sp³-hybridized carbons (Fsp3) is 0.538. The van der Waals surface area contributed by atoms with E-state index in [1.54, 1.807) is 16.9 Å². The third kappa shape index (κ3) is 3.38. The van der Waals surface area contributed by atoms with Gasteiger partial charge in [0.2, 0.25) is 17.7 Å². The van der Waals surface area contributed by atoms with E-state index in [9.17, 15) is 19.2 Å². The Morgan fingerprint density at radius 3 is 2.76 bits per heavy atom. The molecule has 1 aromatic rings. The first-order valence-electron chi connectivity index (χ1n) is 6.68. The first-order valence-corrected chi connectivity index (χ1v) is 7.56. The van der Waals surface area contributed by atoms with Crippen LogP contribution in [0, 0.1) is 6.92 Å². The zero-order valence-electron chi connectivity index (χ0n) is 11.9. The molecule has 2 heterocycles. The van der Waals surface area contributed by atoms with Crippen molar-refractivity contribution in [1.29, 1.82) is 0 Å². The third-order valence-corrected chi connectivity index (χ3v) is 4.37. The summed E-state index contributed by atoms with van der Waals surface area (Å²) in [6.45, 7) is 3.80. The molecule has 1 N–H and O–H groups in total. The molecule has 1 saturated heterocycles. The fourth-order valence-corrected chi connectivity index (χ4v) is 2.99. The number of nitrogens with zero attached hydrogens (tertiary/aromatic N) is 2. The molecule has 3 amide bonds. The van der Waals surface area contributed by atoms with Crippen LogP contribution >= 0.6 is 11.3 Å². The van der Waals surface area contributed by atoms with Gasteiger partial charge in [-0.25, -0.2) is 0 Å². The van der Waals surface area contributed by atoms with E-state index in [2.05, 4.69) is 5.32 Å². The minimum absolute atomic E-state index is 0.0409. The number of imide groups is 1. The molecule has 1 unspecified atom stereocenters. The maximum absolute atomic E-state index is 12.1. The number of hydrogen-bond donors (Lipinski definition) is 1. The van der Waals surface area contributed by atoms with Crippen LogP contribution in [0.4, 0.5) is 0 Å². The van der Waals surface area contributed by atoms with Gasteiger partial charge in [0.25, 0.3) is 0 Å². The molecule has 7 nitrogen and oxygen atoms in total. The summed E-state index contributed by atoms with van der Waals surface area (Å²) in [6.07, 6.45) is 0.696. The molecular formula is C13H17N3O4S. The second-order valence-corrected chi connectivity index (χ2v) is 5.83. The number of aryl methyl sites for hydroxylation is 1. The molecule has 1 fully saturated rings. The van der Waals surface area contributed by atoms with Crippen LogP contribution < -0.4 is 10.2 Å². The van der Waals surface area contributed by atoms with Crippen molar-refractivity contribution in [1.82, 2.24) is 14.8 Å². The molecule has 8 heteroatoms. The predicted octanol–water partition coefficient (Wildman–Crippen LogP) is -0.128. The number of amides is 3. The average Bonchev–Trinajstić information content (AvgIpc) is 2.74. The number of aromatic nitrogens is 1. The van der Waals surface area contributed by atoms with Gasteiger partial charge in [0.15, 0.2) is 0 Å². The van der Waals surface area contributed by atoms with Crippen molar-refractivity contribution in [3.8, 4) is 0 Å². The van der Waals surface area contributed by atoms with Crippen LogP contribution in [-0.4, -0.2) is 39.8 Å². The van der Waals surface area contributed by atoms with Crippen molar-refractivity contribution >= 4 is 29.1 Å². The van der Waals surface area contributed by atoms with E-state index < -0.39 is 17.9 Å². The Bertz CT molecular complexity index is 634. The summed E-state index contributed by atoms with van der Waals surface area (Å²) < 4.78 is 1.62. The van der Waals surface area contributed by atoms with Crippen molar-refractivity contribution in [2.24, 2.45) is 0 Å². The van der Waals surface area contributed by atoms with Crippen molar-refractivity contribution < 1.29 is 14.4 Å². The van der Waals surface area contributed by atoms with Crippen LogP contribution in [0.15, 0.2) is 10.2 Å². The Hall–Kier alpha value is -1.96. The molecule has 0 bridgehead atoms. The SMILES string of the molecule is Cc1csc(=O)n1CCCC(=O)N1CC(=O)NC(=O)C1C. The van der Waals surface area contributed by atoms with Gasteiger partial charge in [-0.15, -0.1) is 0 Å². The first-order chi connectivity index (χ1) is 9.90. The summed E-state index contributed by atoms with van der Waals surface area (Å²) in [6, 6.07) is -0.638. The van der Waals surface area contributed by atoms with Gasteiger partial charge in [-0.3, -0.25) is 24.5 Å². The number of piperazine rings is 1. The highest BCUT2D eigenvalue weighted by Gasteiger charge is 2.32. The lowest BCUT2D eigenvalue weighted by Crippen LogP contribution is -2.58. The molecule has 0 aromatic carbocycles. The van der Waals surface area contributed by atoms with Crippen molar-refractivity contribution in [3.63, 3.8) is 0 Å². The van der Waals surface area contributed by atoms with Gasteiger partial charge in [0, 0.05) is 24.0 Å². The Morgan fingerprint density at radius 1 is 1.43 bits per heavy atom. The summed E-state index contributed by atoms with van der Waals surface area (Å²) in [5.74, 6) is -1.16. The van der Waals surface area contributed by atoms with Gasteiger partial charge in [0.1, 0.15) is 12.6 Å². The van der Waals surface area contributed by atoms with Crippen LogP contribution in [0.2, 0.25) is 0 Å². The molecule has 1 atom stereocenters. The number of carbonyl (C=O) groups excluding carboxylic acids is 3. The Labute approximate surface area is 125 Å². The van der Waals surface area contributed by atoms with E-state index in [4.69, 9.17) is 0 Å². The van der Waals surface area contributed by atoms with Gasteiger partial charge in [-0.2, -0.15) is 0 Å². The molecule has 2 rings (SSSR count). The quantitative estimate of drug-likeness (QED) is 0.785. The Kier molecular flexibility index (Phi) is 4.56. The molecule has 0 saturated carbocycles. The van der Waals surface area contributed by atoms with Crippen LogP contribution in [0.3, 0.4) is 0 Å². The van der Waals surface area contributed by atoms with E-state index in [1.807, 2.05) is 6.92 Å². The molecule has 1 aliphatic heterocycles. The summed E-state index contributed by atoms with van der Waals surface area (Å²) in [5.41, 5.74) is 0.873. The third-order valence-electron chi connectivity index (χ3n) is 3.49. The molecule has 21 heavy (non-hydrogen) atoms. The van der Waals surface area contributed by atoms with Crippen molar-refractivity contribution in [2.45, 2.75) is 39.3 Å². The van der Waals surface area contributed by atoms with Gasteiger partial charge < -0.3 is 9.47 Å². The second-order valence-electron chi connectivity index (χ2n) is 5.01.